The van der Waals surface area contributed by atoms with Gasteiger partial charge in [-0.15, -0.1) is 18.2 Å². The van der Waals surface area contributed by atoms with E-state index in [0.717, 1.165) is 40.1 Å². The number of fused-ring (bicyclic) bond motifs is 4. The number of hydrogen-bond acceptors (Lipinski definition) is 3. The largest absolute Gasteiger partial charge is 0.333 e. The van der Waals surface area contributed by atoms with Crippen LogP contribution in [-0.2, 0) is 26.5 Å². The number of nitrogens with zero attached hydrogens (tertiary/aromatic N) is 3. The minimum atomic E-state index is -1.90. The molecule has 6 heteroatoms. The summed E-state index contributed by atoms with van der Waals surface area (Å²) in [4.78, 5) is 10.0. The molecule has 0 atom stereocenters. The van der Waals surface area contributed by atoms with E-state index in [-0.39, 0.29) is 20.1 Å². The van der Waals surface area contributed by atoms with Gasteiger partial charge in [-0.05, 0) is 74.5 Å². The minimum Gasteiger partial charge on any atom is -0.333 e. The van der Waals surface area contributed by atoms with Crippen molar-refractivity contribution in [1.29, 1.82) is 0 Å². The predicted molar refractivity (Wildman–Crippen MR) is 266 cm³/mol. The van der Waals surface area contributed by atoms with Gasteiger partial charge in [-0.25, -0.2) is 0 Å². The van der Waals surface area contributed by atoms with Gasteiger partial charge < -0.3 is 4.57 Å². The summed E-state index contributed by atoms with van der Waals surface area (Å²) in [5, 5.41) is 2.55. The predicted octanol–water partition coefficient (Wildman–Crippen LogP) is 15.5. The van der Waals surface area contributed by atoms with Crippen molar-refractivity contribution in [3.05, 3.63) is 168 Å². The monoisotopic (exact) mass is 1070 g/mol. The number of aromatic nitrogens is 3. The van der Waals surface area contributed by atoms with E-state index in [1.54, 1.807) is 0 Å². The van der Waals surface area contributed by atoms with Crippen LogP contribution in [0, 0.1) is 17.5 Å². The van der Waals surface area contributed by atoms with Gasteiger partial charge in [0.15, 0.2) is 0 Å². The summed E-state index contributed by atoms with van der Waals surface area (Å²) in [5.41, 5.74) is 13.5. The van der Waals surface area contributed by atoms with Crippen molar-refractivity contribution in [2.75, 3.05) is 0 Å². The van der Waals surface area contributed by atoms with Gasteiger partial charge >= 0.3 is 132 Å². The third kappa shape index (κ3) is 9.48. The summed E-state index contributed by atoms with van der Waals surface area (Å²) in [6.45, 7) is 16.1. The maximum Gasteiger partial charge on any atom is 0.0774 e. The Labute approximate surface area is 389 Å². The minimum absolute atomic E-state index is 0. The number of hydrogen-bond donors (Lipinski definition) is 0. The molecule has 0 N–H and O–H groups in total. The van der Waals surface area contributed by atoms with Crippen molar-refractivity contribution in [3.63, 3.8) is 0 Å². The van der Waals surface area contributed by atoms with E-state index in [9.17, 15) is 0 Å². The molecule has 0 aliphatic heterocycles. The summed E-state index contributed by atoms with van der Waals surface area (Å²) < 4.78 is 6.48. The molecule has 0 fully saturated rings. The fourth-order valence-electron chi connectivity index (χ4n) is 8.48. The number of imidazole rings is 1. The van der Waals surface area contributed by atoms with E-state index in [2.05, 4.69) is 204 Å². The van der Waals surface area contributed by atoms with E-state index in [1.807, 2.05) is 29.5 Å². The number of benzene rings is 6. The van der Waals surface area contributed by atoms with Crippen LogP contribution in [0.15, 0.2) is 140 Å². The molecule has 0 saturated heterocycles. The molecule has 0 bridgehead atoms. The van der Waals surface area contributed by atoms with Crippen LogP contribution in [-0.4, -0.2) is 27.8 Å². The van der Waals surface area contributed by atoms with Gasteiger partial charge in [0, 0.05) is 30.5 Å². The zero-order valence-electron chi connectivity index (χ0n) is 37.7. The molecule has 0 amide bonds. The molecule has 3 nitrogen and oxygen atoms in total. The van der Waals surface area contributed by atoms with Crippen LogP contribution >= 0.6 is 11.3 Å². The fraction of sp³-hybridized carbons (Fsp3) is 0.250. The topological polar surface area (TPSA) is 30.7 Å². The van der Waals surface area contributed by atoms with Crippen molar-refractivity contribution in [2.24, 2.45) is 5.41 Å². The molecule has 317 valence electrons. The number of thiophene rings is 1. The second-order valence-corrected chi connectivity index (χ2v) is 30.7. The van der Waals surface area contributed by atoms with E-state index in [4.69, 9.17) is 9.97 Å². The SMILES string of the molecule is CC(C)(C)Cc1cc(-c2[c-]cccc2)nc[c]1[Ge]([CH3])([CH3])[CH3].CC(C)c1cc(-c2ccccc2)cc(C(C)C)c1-n1c(-c2[c-]ccc3c2sc2ccccc23)nc2ccccc21.[Ir]. The normalized spacial score (nSPS) is 11.9. The van der Waals surface area contributed by atoms with E-state index in [0.29, 0.717) is 17.3 Å². The van der Waals surface area contributed by atoms with Crippen LogP contribution in [0.4, 0.5) is 0 Å². The fourth-order valence-corrected chi connectivity index (χ4v) is 13.0. The van der Waals surface area contributed by atoms with Gasteiger partial charge in [-0.3, -0.25) is 4.98 Å². The molecule has 6 aromatic carbocycles. The maximum atomic E-state index is 5.30. The molecule has 9 aromatic rings. The molecule has 1 radical (unpaired) electrons. The van der Waals surface area contributed by atoms with Gasteiger partial charge in [-0.1, -0.05) is 99.3 Å². The van der Waals surface area contributed by atoms with Crippen LogP contribution in [0.3, 0.4) is 0 Å². The first-order chi connectivity index (χ1) is 29.2. The Bertz CT molecular complexity index is 2940. The summed E-state index contributed by atoms with van der Waals surface area (Å²) in [5.74, 6) is 8.94. The second-order valence-electron chi connectivity index (χ2n) is 19.1. The van der Waals surface area contributed by atoms with Crippen LogP contribution in [0.1, 0.15) is 77.0 Å². The molecule has 9 rings (SSSR count). The van der Waals surface area contributed by atoms with Crippen molar-refractivity contribution >= 4 is 60.2 Å². The summed E-state index contributed by atoms with van der Waals surface area (Å²) in [6, 6.07) is 54.3. The van der Waals surface area contributed by atoms with Crippen LogP contribution in [0.2, 0.25) is 17.3 Å². The smallest absolute Gasteiger partial charge is 0.0774 e. The van der Waals surface area contributed by atoms with E-state index < -0.39 is 13.3 Å². The van der Waals surface area contributed by atoms with Crippen LogP contribution in [0.5, 0.6) is 0 Å². The molecule has 3 heterocycles. The average molecular weight is 1070 g/mol. The standard InChI is InChI=1S/C37H31N2S.C19H26GeN.Ir/c1-23(2)30-21-26(25-13-6-5-7-14-25)22-31(24(3)4)35(30)39-33-19-10-9-18-32(33)38-37(39)29-17-12-16-28-27-15-8-11-20-34(27)40-36(28)29;1-19(2,3)13-16-12-18(15-10-8-7-9-11-15)21-14-17(16)20(4,5)6;/h5-16,18-24H,1-4H3;7-10,12,14H,13H2,1-6H3;/q2*-1;. The Kier molecular flexibility index (Phi) is 13.6. The Morgan fingerprint density at radius 1 is 0.694 bits per heavy atom. The second kappa shape index (κ2) is 18.6. The summed E-state index contributed by atoms with van der Waals surface area (Å²) in [6.07, 6.45) is 3.24. The zero-order chi connectivity index (χ0) is 43.1. The molecule has 62 heavy (non-hydrogen) atoms. The molecule has 3 aromatic heterocycles. The molecule has 0 aliphatic carbocycles. The van der Waals surface area contributed by atoms with Gasteiger partial charge in [0.25, 0.3) is 0 Å². The van der Waals surface area contributed by atoms with Gasteiger partial charge in [0.1, 0.15) is 0 Å². The summed E-state index contributed by atoms with van der Waals surface area (Å²) >= 11 is -0.0633. The Morgan fingerprint density at radius 3 is 2.02 bits per heavy atom. The Hall–Kier alpha value is -4.65. The molecule has 0 aliphatic rings. The molecule has 0 spiro atoms. The third-order valence-electron chi connectivity index (χ3n) is 11.4. The summed E-state index contributed by atoms with van der Waals surface area (Å²) in [7, 11) is 0. The van der Waals surface area contributed by atoms with Crippen molar-refractivity contribution in [3.8, 4) is 39.5 Å². The number of pyridine rings is 1. The first-order valence-corrected chi connectivity index (χ1v) is 29.8. The molecular formula is C56H57GeIrN3S-2. The Balaban J connectivity index is 0.000000223. The molecular weight excluding hydrogens is 1010 g/mol. The Morgan fingerprint density at radius 2 is 1.35 bits per heavy atom. The number of para-hydroxylation sites is 2. The molecule has 0 unspecified atom stereocenters. The van der Waals surface area contributed by atoms with Gasteiger partial charge in [0.2, 0.25) is 0 Å². The van der Waals surface area contributed by atoms with Crippen molar-refractivity contribution < 1.29 is 20.1 Å². The van der Waals surface area contributed by atoms with E-state index >= 15 is 0 Å². The van der Waals surface area contributed by atoms with Crippen LogP contribution in [0.25, 0.3) is 70.7 Å². The van der Waals surface area contributed by atoms with Crippen molar-refractivity contribution in [2.45, 2.75) is 84.0 Å². The molecule has 0 saturated carbocycles. The average Bonchev–Trinajstić information content (AvgIpc) is 3.82. The maximum absolute atomic E-state index is 5.30. The van der Waals surface area contributed by atoms with E-state index in [1.165, 1.54) is 58.1 Å². The van der Waals surface area contributed by atoms with Gasteiger partial charge in [0.05, 0.1) is 16.9 Å². The first kappa shape index (κ1) is 45.4. The van der Waals surface area contributed by atoms with Crippen molar-refractivity contribution in [1.82, 2.24) is 14.5 Å². The van der Waals surface area contributed by atoms with Crippen LogP contribution < -0.4 is 4.40 Å². The quantitative estimate of drug-likeness (QED) is 0.112. The third-order valence-corrected chi connectivity index (χ3v) is 16.9. The number of rotatable bonds is 8. The first-order valence-electron chi connectivity index (χ1n) is 21.7. The zero-order valence-corrected chi connectivity index (χ0v) is 43.0. The van der Waals surface area contributed by atoms with Gasteiger partial charge in [-0.2, -0.15) is 11.3 Å².